The van der Waals surface area contributed by atoms with Crippen LogP contribution in [-0.2, 0) is 13.1 Å². The molecule has 1 aromatic carbocycles. The molecule has 0 radical (unpaired) electrons. The standard InChI is InChI=1S/C19H21N3O2/c1-14-7-8-18-20-16(10-19(23)22(18)11-14)13-21(2)12-15-5-4-6-17(9-15)24-3/h4-11H,12-13H2,1-3H3/p+1. The van der Waals surface area contributed by atoms with Gasteiger partial charge >= 0.3 is 0 Å². The molecule has 0 aliphatic carbocycles. The van der Waals surface area contributed by atoms with E-state index in [1.807, 2.05) is 43.5 Å². The maximum absolute atomic E-state index is 12.3. The van der Waals surface area contributed by atoms with Crippen LogP contribution < -0.4 is 15.2 Å². The number of rotatable bonds is 5. The summed E-state index contributed by atoms with van der Waals surface area (Å²) in [6, 6.07) is 13.5. The molecule has 1 atom stereocenters. The van der Waals surface area contributed by atoms with E-state index in [9.17, 15) is 4.79 Å². The summed E-state index contributed by atoms with van der Waals surface area (Å²) in [6.45, 7) is 3.49. The van der Waals surface area contributed by atoms with Gasteiger partial charge in [0.1, 0.15) is 30.2 Å². The van der Waals surface area contributed by atoms with Gasteiger partial charge in [0.2, 0.25) is 0 Å². The highest BCUT2D eigenvalue weighted by atomic mass is 16.5. The molecule has 0 aliphatic rings. The molecule has 124 valence electrons. The number of pyridine rings is 1. The Bertz CT molecular complexity index is 918. The topological polar surface area (TPSA) is 48.0 Å². The number of hydrogen-bond donors (Lipinski definition) is 1. The number of quaternary nitrogens is 1. The van der Waals surface area contributed by atoms with Gasteiger partial charge in [-0.3, -0.25) is 9.20 Å². The third-order valence-electron chi connectivity index (χ3n) is 3.98. The van der Waals surface area contributed by atoms with Crippen molar-refractivity contribution in [2.45, 2.75) is 20.0 Å². The monoisotopic (exact) mass is 324 g/mol. The summed E-state index contributed by atoms with van der Waals surface area (Å²) in [7, 11) is 3.77. The zero-order valence-corrected chi connectivity index (χ0v) is 14.2. The Morgan fingerprint density at radius 1 is 1.17 bits per heavy atom. The Morgan fingerprint density at radius 2 is 2.00 bits per heavy atom. The summed E-state index contributed by atoms with van der Waals surface area (Å²) in [4.78, 5) is 18.1. The normalized spacial score (nSPS) is 12.3. The van der Waals surface area contributed by atoms with Crippen molar-refractivity contribution in [3.05, 3.63) is 75.8 Å². The Kier molecular flexibility index (Phi) is 4.62. The molecule has 5 nitrogen and oxygen atoms in total. The van der Waals surface area contributed by atoms with E-state index in [1.165, 1.54) is 10.5 Å². The van der Waals surface area contributed by atoms with Crippen LogP contribution in [0.3, 0.4) is 0 Å². The molecular formula is C19H22N3O2+. The van der Waals surface area contributed by atoms with Gasteiger partial charge in [-0.25, -0.2) is 4.98 Å². The van der Waals surface area contributed by atoms with Gasteiger partial charge in [0.15, 0.2) is 0 Å². The molecule has 24 heavy (non-hydrogen) atoms. The molecular weight excluding hydrogens is 302 g/mol. The van der Waals surface area contributed by atoms with E-state index in [0.29, 0.717) is 12.2 Å². The second-order valence-corrected chi connectivity index (χ2v) is 6.18. The van der Waals surface area contributed by atoms with Crippen molar-refractivity contribution < 1.29 is 9.64 Å². The molecule has 1 N–H and O–H groups in total. The van der Waals surface area contributed by atoms with Gasteiger partial charge in [-0.2, -0.15) is 0 Å². The lowest BCUT2D eigenvalue weighted by Crippen LogP contribution is -3.06. The Morgan fingerprint density at radius 3 is 2.79 bits per heavy atom. The molecule has 0 spiro atoms. The molecule has 0 amide bonds. The van der Waals surface area contributed by atoms with E-state index in [1.54, 1.807) is 17.6 Å². The maximum Gasteiger partial charge on any atom is 0.258 e. The number of nitrogens with one attached hydrogen (secondary N) is 1. The third-order valence-corrected chi connectivity index (χ3v) is 3.98. The molecule has 2 aromatic heterocycles. The van der Waals surface area contributed by atoms with Crippen LogP contribution in [0.5, 0.6) is 5.75 Å². The van der Waals surface area contributed by atoms with Crippen molar-refractivity contribution >= 4 is 5.65 Å². The predicted octanol–water partition coefficient (Wildman–Crippen LogP) is 1.23. The summed E-state index contributed by atoms with van der Waals surface area (Å²) in [5.41, 5.74) is 3.70. The molecule has 3 rings (SSSR count). The van der Waals surface area contributed by atoms with E-state index < -0.39 is 0 Å². The van der Waals surface area contributed by atoms with Gasteiger partial charge in [0.25, 0.3) is 5.56 Å². The van der Waals surface area contributed by atoms with Crippen LogP contribution >= 0.6 is 0 Å². The summed E-state index contributed by atoms with van der Waals surface area (Å²) in [6.07, 6.45) is 1.82. The number of benzene rings is 1. The molecule has 0 aliphatic heterocycles. The molecule has 3 aromatic rings. The quantitative estimate of drug-likeness (QED) is 0.768. The molecule has 1 unspecified atom stereocenters. The summed E-state index contributed by atoms with van der Waals surface area (Å²) >= 11 is 0. The predicted molar refractivity (Wildman–Crippen MR) is 93.5 cm³/mol. The average Bonchev–Trinajstić information content (AvgIpc) is 2.55. The highest BCUT2D eigenvalue weighted by molar-refractivity contribution is 5.39. The molecule has 5 heteroatoms. The van der Waals surface area contributed by atoms with Crippen molar-refractivity contribution in [2.24, 2.45) is 0 Å². The van der Waals surface area contributed by atoms with Gasteiger partial charge in [0, 0.05) is 17.8 Å². The fraction of sp³-hybridized carbons (Fsp3) is 0.263. The van der Waals surface area contributed by atoms with Crippen LogP contribution in [0.2, 0.25) is 0 Å². The zero-order valence-electron chi connectivity index (χ0n) is 14.2. The second kappa shape index (κ2) is 6.84. The summed E-state index contributed by atoms with van der Waals surface area (Å²) < 4.78 is 6.86. The first kappa shape index (κ1) is 16.2. The lowest BCUT2D eigenvalue weighted by atomic mass is 10.2. The number of methoxy groups -OCH3 is 1. The van der Waals surface area contributed by atoms with Gasteiger partial charge in [-0.15, -0.1) is 0 Å². The molecule has 0 fully saturated rings. The van der Waals surface area contributed by atoms with Gasteiger partial charge in [-0.05, 0) is 30.7 Å². The van der Waals surface area contributed by atoms with E-state index in [2.05, 4.69) is 18.1 Å². The van der Waals surface area contributed by atoms with E-state index in [4.69, 9.17) is 4.74 Å². The molecule has 0 saturated carbocycles. The van der Waals surface area contributed by atoms with Crippen LogP contribution in [0.1, 0.15) is 16.8 Å². The fourth-order valence-corrected chi connectivity index (χ4v) is 2.85. The van der Waals surface area contributed by atoms with Crippen LogP contribution in [0, 0.1) is 6.92 Å². The SMILES string of the molecule is COc1cccc(C[NH+](C)Cc2cc(=O)n3cc(C)ccc3n2)c1. The summed E-state index contributed by atoms with van der Waals surface area (Å²) in [5.74, 6) is 0.859. The smallest absolute Gasteiger partial charge is 0.258 e. The summed E-state index contributed by atoms with van der Waals surface area (Å²) in [5, 5.41) is 0. The minimum Gasteiger partial charge on any atom is -0.497 e. The Hall–Kier alpha value is -2.66. The Balaban J connectivity index is 1.78. The van der Waals surface area contributed by atoms with Crippen LogP contribution in [0.15, 0.2) is 53.5 Å². The van der Waals surface area contributed by atoms with Crippen LogP contribution in [0.4, 0.5) is 0 Å². The van der Waals surface area contributed by atoms with Crippen LogP contribution in [-0.4, -0.2) is 23.5 Å². The number of ether oxygens (including phenoxy) is 1. The van der Waals surface area contributed by atoms with E-state index >= 15 is 0 Å². The number of hydrogen-bond acceptors (Lipinski definition) is 3. The molecule has 0 bridgehead atoms. The third kappa shape index (κ3) is 3.63. The minimum absolute atomic E-state index is 0.0344. The maximum atomic E-state index is 12.3. The van der Waals surface area contributed by atoms with Crippen molar-refractivity contribution in [3.8, 4) is 5.75 Å². The Labute approximate surface area is 141 Å². The highest BCUT2D eigenvalue weighted by Gasteiger charge is 2.10. The molecule has 0 saturated heterocycles. The van der Waals surface area contributed by atoms with Crippen molar-refractivity contribution in [2.75, 3.05) is 14.2 Å². The van der Waals surface area contributed by atoms with Gasteiger partial charge in [0.05, 0.1) is 14.2 Å². The number of fused-ring (bicyclic) bond motifs is 1. The van der Waals surface area contributed by atoms with Crippen molar-refractivity contribution in [1.29, 1.82) is 0 Å². The molecule has 2 heterocycles. The average molecular weight is 324 g/mol. The lowest BCUT2D eigenvalue weighted by Gasteiger charge is -2.14. The van der Waals surface area contributed by atoms with E-state index in [0.717, 1.165) is 23.6 Å². The minimum atomic E-state index is -0.0344. The lowest BCUT2D eigenvalue weighted by molar-refractivity contribution is -0.908. The second-order valence-electron chi connectivity index (χ2n) is 6.18. The van der Waals surface area contributed by atoms with Crippen LogP contribution in [0.25, 0.3) is 5.65 Å². The first-order valence-electron chi connectivity index (χ1n) is 7.98. The first-order chi connectivity index (χ1) is 11.5. The van der Waals surface area contributed by atoms with Gasteiger partial charge in [-0.1, -0.05) is 18.2 Å². The fourth-order valence-electron chi connectivity index (χ4n) is 2.85. The number of aromatic nitrogens is 2. The van der Waals surface area contributed by atoms with Crippen molar-refractivity contribution in [3.63, 3.8) is 0 Å². The highest BCUT2D eigenvalue weighted by Crippen LogP contribution is 2.11. The van der Waals surface area contributed by atoms with E-state index in [-0.39, 0.29) is 5.56 Å². The van der Waals surface area contributed by atoms with Crippen molar-refractivity contribution in [1.82, 2.24) is 9.38 Å². The number of nitrogens with zero attached hydrogens (tertiary/aromatic N) is 2. The zero-order chi connectivity index (χ0) is 17.1. The number of aryl methyl sites for hydroxylation is 1. The largest absolute Gasteiger partial charge is 0.497 e. The first-order valence-corrected chi connectivity index (χ1v) is 7.98. The van der Waals surface area contributed by atoms with Gasteiger partial charge < -0.3 is 9.64 Å².